The Hall–Kier alpha value is -1.68. The van der Waals surface area contributed by atoms with Crippen LogP contribution in [0, 0.1) is 0 Å². The molecule has 0 aliphatic rings. The quantitative estimate of drug-likeness (QED) is 0.752. The van der Waals surface area contributed by atoms with Crippen molar-refractivity contribution in [1.82, 2.24) is 4.98 Å². The number of carbonyl (C=O) groups excluding carboxylic acids is 1. The summed E-state index contributed by atoms with van der Waals surface area (Å²) in [6.07, 6.45) is 0.727. The minimum Gasteiger partial charge on any atom is -0.493 e. The summed E-state index contributed by atoms with van der Waals surface area (Å²) >= 11 is 1.51. The Morgan fingerprint density at radius 3 is 2.75 bits per heavy atom. The van der Waals surface area contributed by atoms with Gasteiger partial charge < -0.3 is 4.74 Å². The van der Waals surface area contributed by atoms with Crippen LogP contribution in [0.1, 0.15) is 47.7 Å². The first-order chi connectivity index (χ1) is 9.58. The summed E-state index contributed by atoms with van der Waals surface area (Å²) in [6, 6.07) is 8.11. The van der Waals surface area contributed by atoms with E-state index in [0.717, 1.165) is 17.2 Å². The molecule has 0 aliphatic heterocycles. The van der Waals surface area contributed by atoms with Gasteiger partial charge in [0, 0.05) is 18.7 Å². The largest absolute Gasteiger partial charge is 0.493 e. The zero-order valence-corrected chi connectivity index (χ0v) is 12.9. The third-order valence-corrected chi connectivity index (χ3v) is 3.94. The third-order valence-electron chi connectivity index (χ3n) is 3.03. The summed E-state index contributed by atoms with van der Waals surface area (Å²) in [5.41, 5.74) is 1.77. The molecule has 0 unspecified atom stereocenters. The number of rotatable bonds is 6. The number of hydrogen-bond acceptors (Lipinski definition) is 4. The molecule has 1 aromatic carbocycles. The normalized spacial score (nSPS) is 10.8. The fourth-order valence-electron chi connectivity index (χ4n) is 1.92. The molecule has 0 N–H and O–H groups in total. The minimum atomic E-state index is 0.0126. The summed E-state index contributed by atoms with van der Waals surface area (Å²) in [6.45, 7) is 6.42. The van der Waals surface area contributed by atoms with E-state index < -0.39 is 0 Å². The number of aromatic nitrogens is 1. The maximum absolute atomic E-state index is 11.2. The molecule has 0 bridgehead atoms. The molecule has 0 fully saturated rings. The van der Waals surface area contributed by atoms with Crippen LogP contribution < -0.4 is 4.74 Å². The molecule has 0 saturated carbocycles. The average Bonchev–Trinajstić information content (AvgIpc) is 2.88. The summed E-state index contributed by atoms with van der Waals surface area (Å²) in [5.74, 6) is 1.39. The maximum atomic E-state index is 11.2. The fraction of sp³-hybridized carbons (Fsp3) is 0.375. The van der Waals surface area contributed by atoms with Crippen LogP contribution in [0.2, 0.25) is 0 Å². The van der Waals surface area contributed by atoms with Gasteiger partial charge in [-0.1, -0.05) is 32.0 Å². The van der Waals surface area contributed by atoms with E-state index in [9.17, 15) is 4.79 Å². The van der Waals surface area contributed by atoms with E-state index in [1.807, 2.05) is 18.2 Å². The molecule has 2 aromatic rings. The van der Waals surface area contributed by atoms with Crippen molar-refractivity contribution < 1.29 is 9.53 Å². The zero-order chi connectivity index (χ0) is 14.5. The Balaban J connectivity index is 1.94. The number of carbonyl (C=O) groups is 1. The lowest BCUT2D eigenvalue weighted by molar-refractivity contribution is 0.101. The van der Waals surface area contributed by atoms with Crippen molar-refractivity contribution in [2.75, 3.05) is 6.61 Å². The standard InChI is InChI=1S/C16H19NO2S/c1-11(2)13-6-4-5-7-15(13)19-9-8-16-17-14(10-20-16)12(3)18/h4-7,10-11H,8-9H2,1-3H3. The molecule has 0 spiro atoms. The minimum absolute atomic E-state index is 0.0126. The van der Waals surface area contributed by atoms with Gasteiger partial charge in [-0.3, -0.25) is 4.79 Å². The monoisotopic (exact) mass is 289 g/mol. The van der Waals surface area contributed by atoms with Crippen LogP contribution >= 0.6 is 11.3 Å². The Morgan fingerprint density at radius 2 is 2.10 bits per heavy atom. The van der Waals surface area contributed by atoms with E-state index >= 15 is 0 Å². The molecule has 0 aliphatic carbocycles. The van der Waals surface area contributed by atoms with E-state index in [0.29, 0.717) is 18.2 Å². The number of benzene rings is 1. The Kier molecular flexibility index (Phi) is 4.90. The number of ether oxygens (including phenoxy) is 1. The lowest BCUT2D eigenvalue weighted by atomic mass is 10.0. The zero-order valence-electron chi connectivity index (χ0n) is 12.1. The summed E-state index contributed by atoms with van der Waals surface area (Å²) in [4.78, 5) is 15.5. The van der Waals surface area contributed by atoms with Crippen molar-refractivity contribution in [3.63, 3.8) is 0 Å². The molecule has 3 nitrogen and oxygen atoms in total. The molecule has 0 atom stereocenters. The van der Waals surface area contributed by atoms with Gasteiger partial charge in [-0.15, -0.1) is 11.3 Å². The van der Waals surface area contributed by atoms with Gasteiger partial charge >= 0.3 is 0 Å². The van der Waals surface area contributed by atoms with Gasteiger partial charge in [-0.25, -0.2) is 4.98 Å². The van der Waals surface area contributed by atoms with Gasteiger partial charge in [0.25, 0.3) is 0 Å². The third kappa shape index (κ3) is 3.67. The van der Waals surface area contributed by atoms with Crippen molar-refractivity contribution in [2.24, 2.45) is 0 Å². The molecule has 0 radical (unpaired) electrons. The van der Waals surface area contributed by atoms with Gasteiger partial charge in [0.15, 0.2) is 5.78 Å². The number of ketones is 1. The van der Waals surface area contributed by atoms with E-state index in [1.54, 1.807) is 5.38 Å². The number of Topliss-reactive ketones (excluding diaryl/α,β-unsaturated/α-hetero) is 1. The molecule has 4 heteroatoms. The molecular weight excluding hydrogens is 270 g/mol. The fourth-order valence-corrected chi connectivity index (χ4v) is 2.74. The van der Waals surface area contributed by atoms with Crippen LogP contribution in [0.25, 0.3) is 0 Å². The highest BCUT2D eigenvalue weighted by Crippen LogP contribution is 2.26. The first-order valence-electron chi connectivity index (χ1n) is 6.75. The second-order valence-corrected chi connectivity index (χ2v) is 5.92. The van der Waals surface area contributed by atoms with Crippen LogP contribution in [-0.4, -0.2) is 17.4 Å². The number of para-hydroxylation sites is 1. The van der Waals surface area contributed by atoms with Crippen molar-refractivity contribution in [1.29, 1.82) is 0 Å². The first kappa shape index (κ1) is 14.7. The highest BCUT2D eigenvalue weighted by Gasteiger charge is 2.08. The average molecular weight is 289 g/mol. The summed E-state index contributed by atoms with van der Waals surface area (Å²) < 4.78 is 5.85. The predicted octanol–water partition coefficient (Wildman–Crippen LogP) is 4.09. The molecule has 106 valence electrons. The maximum Gasteiger partial charge on any atom is 0.178 e. The van der Waals surface area contributed by atoms with Crippen LogP contribution in [0.5, 0.6) is 5.75 Å². The lowest BCUT2D eigenvalue weighted by Gasteiger charge is -2.13. The van der Waals surface area contributed by atoms with E-state index in [-0.39, 0.29) is 5.78 Å². The SMILES string of the molecule is CC(=O)c1csc(CCOc2ccccc2C(C)C)n1. The van der Waals surface area contributed by atoms with Crippen LogP contribution in [0.4, 0.5) is 0 Å². The van der Waals surface area contributed by atoms with Crippen molar-refractivity contribution in [3.8, 4) is 5.75 Å². The van der Waals surface area contributed by atoms with Gasteiger partial charge in [0.05, 0.1) is 11.6 Å². The second kappa shape index (κ2) is 6.66. The van der Waals surface area contributed by atoms with Gasteiger partial charge in [0.1, 0.15) is 11.4 Å². The second-order valence-electron chi connectivity index (χ2n) is 4.97. The van der Waals surface area contributed by atoms with E-state index in [2.05, 4.69) is 24.9 Å². The van der Waals surface area contributed by atoms with Crippen molar-refractivity contribution >= 4 is 17.1 Å². The van der Waals surface area contributed by atoms with Crippen LogP contribution in [0.15, 0.2) is 29.6 Å². The Labute approximate surface area is 123 Å². The Morgan fingerprint density at radius 1 is 1.35 bits per heavy atom. The Bertz CT molecular complexity index is 590. The van der Waals surface area contributed by atoms with Gasteiger partial charge in [-0.05, 0) is 17.5 Å². The smallest absolute Gasteiger partial charge is 0.178 e. The topological polar surface area (TPSA) is 39.2 Å². The molecule has 2 rings (SSSR count). The molecule has 1 heterocycles. The highest BCUT2D eigenvalue weighted by molar-refractivity contribution is 7.09. The highest BCUT2D eigenvalue weighted by atomic mass is 32.1. The van der Waals surface area contributed by atoms with Gasteiger partial charge in [-0.2, -0.15) is 0 Å². The van der Waals surface area contributed by atoms with E-state index in [4.69, 9.17) is 4.74 Å². The van der Waals surface area contributed by atoms with Gasteiger partial charge in [0.2, 0.25) is 0 Å². The number of thiazole rings is 1. The molecular formula is C16H19NO2S. The van der Waals surface area contributed by atoms with Crippen molar-refractivity contribution in [2.45, 2.75) is 33.1 Å². The predicted molar refractivity (Wildman–Crippen MR) is 81.8 cm³/mol. The van der Waals surface area contributed by atoms with E-state index in [1.165, 1.54) is 23.8 Å². The van der Waals surface area contributed by atoms with Crippen molar-refractivity contribution in [3.05, 3.63) is 45.9 Å². The summed E-state index contributed by atoms with van der Waals surface area (Å²) in [5, 5.41) is 2.75. The number of nitrogens with zero attached hydrogens (tertiary/aromatic N) is 1. The molecule has 1 aromatic heterocycles. The molecule has 20 heavy (non-hydrogen) atoms. The molecule has 0 saturated heterocycles. The summed E-state index contributed by atoms with van der Waals surface area (Å²) in [7, 11) is 0. The van der Waals surface area contributed by atoms with Crippen LogP contribution in [-0.2, 0) is 6.42 Å². The first-order valence-corrected chi connectivity index (χ1v) is 7.63. The molecule has 0 amide bonds. The van der Waals surface area contributed by atoms with Crippen LogP contribution in [0.3, 0.4) is 0 Å². The lowest BCUT2D eigenvalue weighted by Crippen LogP contribution is -2.04. The number of hydrogen-bond donors (Lipinski definition) is 0.